The number of aromatic nitrogens is 2. The summed E-state index contributed by atoms with van der Waals surface area (Å²) in [5, 5.41) is 2.69. The number of benzene rings is 2. The van der Waals surface area contributed by atoms with Gasteiger partial charge in [-0.15, -0.1) is 0 Å². The fourth-order valence-corrected chi connectivity index (χ4v) is 5.50. The van der Waals surface area contributed by atoms with Gasteiger partial charge in [-0.3, -0.25) is 4.79 Å². The Bertz CT molecular complexity index is 1400. The SMILES string of the molecule is COC(=O)N[C@H](C(=O)N1CCC[C@H]1c1ncc(-c2ccc(-c3ccc(B4OC(C)(C)C(C)(C)O4)cc3)cc2)[nH]1)C(C)C. The number of nitrogens with one attached hydrogen (secondary N) is 2. The third-order valence-electron chi connectivity index (χ3n) is 8.80. The second kappa shape index (κ2) is 11.6. The minimum absolute atomic E-state index is 0.0802. The molecule has 9 nitrogen and oxygen atoms in total. The van der Waals surface area contributed by atoms with Crippen molar-refractivity contribution in [3.8, 4) is 22.4 Å². The number of rotatable bonds is 7. The number of alkyl carbamates (subject to hydrolysis) is 1. The number of hydrogen-bond acceptors (Lipinski definition) is 6. The first-order chi connectivity index (χ1) is 19.9. The lowest BCUT2D eigenvalue weighted by atomic mass is 9.78. The fraction of sp³-hybridized carbons (Fsp3) is 0.469. The van der Waals surface area contributed by atoms with Crippen LogP contribution in [0.2, 0.25) is 0 Å². The summed E-state index contributed by atoms with van der Waals surface area (Å²) in [5.74, 6) is 0.548. The number of likely N-dealkylation sites (tertiary alicyclic amines) is 1. The molecule has 5 rings (SSSR count). The lowest BCUT2D eigenvalue weighted by Crippen LogP contribution is -2.51. The van der Waals surface area contributed by atoms with Crippen LogP contribution in [0.25, 0.3) is 22.4 Å². The van der Waals surface area contributed by atoms with Crippen LogP contribution in [0.5, 0.6) is 0 Å². The zero-order chi connectivity index (χ0) is 30.2. The molecule has 2 aliphatic heterocycles. The van der Waals surface area contributed by atoms with Crippen molar-refractivity contribution in [2.45, 2.75) is 77.7 Å². The first-order valence-corrected chi connectivity index (χ1v) is 14.7. The van der Waals surface area contributed by atoms with Crippen LogP contribution in [0.3, 0.4) is 0 Å². The van der Waals surface area contributed by atoms with E-state index in [0.29, 0.717) is 6.54 Å². The van der Waals surface area contributed by atoms with Gasteiger partial charge in [0.25, 0.3) is 0 Å². The third-order valence-corrected chi connectivity index (χ3v) is 8.80. The molecule has 2 amide bonds. The Labute approximate surface area is 248 Å². The molecule has 2 aromatic carbocycles. The monoisotopic (exact) mass is 572 g/mol. The number of amides is 2. The van der Waals surface area contributed by atoms with Gasteiger partial charge in [0.2, 0.25) is 5.91 Å². The van der Waals surface area contributed by atoms with Gasteiger partial charge in [0.15, 0.2) is 0 Å². The first kappa shape index (κ1) is 29.9. The summed E-state index contributed by atoms with van der Waals surface area (Å²) < 4.78 is 17.1. The molecule has 0 radical (unpaired) electrons. The van der Waals surface area contributed by atoms with E-state index in [4.69, 9.17) is 14.0 Å². The summed E-state index contributed by atoms with van der Waals surface area (Å²) in [6, 6.07) is 15.8. The predicted octanol–water partition coefficient (Wildman–Crippen LogP) is 5.09. The highest BCUT2D eigenvalue weighted by molar-refractivity contribution is 6.62. The number of hydrogen-bond donors (Lipinski definition) is 2. The molecule has 222 valence electrons. The van der Waals surface area contributed by atoms with Crippen molar-refractivity contribution in [1.82, 2.24) is 20.2 Å². The molecule has 2 atom stereocenters. The summed E-state index contributed by atoms with van der Waals surface area (Å²) in [5.41, 5.74) is 4.36. The van der Waals surface area contributed by atoms with E-state index >= 15 is 0 Å². The second-order valence-corrected chi connectivity index (χ2v) is 12.5. The minimum atomic E-state index is -0.661. The first-order valence-electron chi connectivity index (χ1n) is 14.7. The Hall–Kier alpha value is -3.63. The summed E-state index contributed by atoms with van der Waals surface area (Å²) in [6.45, 7) is 12.7. The molecule has 0 spiro atoms. The maximum absolute atomic E-state index is 13.4. The van der Waals surface area contributed by atoms with Crippen molar-refractivity contribution < 1.29 is 23.6 Å². The van der Waals surface area contributed by atoms with Crippen LogP contribution in [0.1, 0.15) is 66.3 Å². The fourth-order valence-electron chi connectivity index (χ4n) is 5.50. The quantitative estimate of drug-likeness (QED) is 0.383. The maximum Gasteiger partial charge on any atom is 0.494 e. The van der Waals surface area contributed by atoms with Crippen molar-refractivity contribution >= 4 is 24.6 Å². The molecule has 42 heavy (non-hydrogen) atoms. The molecule has 0 aliphatic carbocycles. The maximum atomic E-state index is 13.4. The molecule has 2 N–H and O–H groups in total. The highest BCUT2D eigenvalue weighted by Crippen LogP contribution is 2.37. The zero-order valence-corrected chi connectivity index (χ0v) is 25.6. The van der Waals surface area contributed by atoms with E-state index in [9.17, 15) is 9.59 Å². The number of aromatic amines is 1. The molecule has 2 aliphatic rings. The van der Waals surface area contributed by atoms with Gasteiger partial charge in [-0.2, -0.15) is 0 Å². The number of carbonyl (C=O) groups excluding carboxylic acids is 2. The Morgan fingerprint density at radius 1 is 1.00 bits per heavy atom. The molecule has 1 aromatic heterocycles. The van der Waals surface area contributed by atoms with Gasteiger partial charge in [-0.25, -0.2) is 9.78 Å². The summed E-state index contributed by atoms with van der Waals surface area (Å²) in [6.07, 6.45) is 2.89. The average Bonchev–Trinajstić information content (AvgIpc) is 3.69. The Morgan fingerprint density at radius 3 is 2.14 bits per heavy atom. The molecule has 3 heterocycles. The van der Waals surface area contributed by atoms with Crippen LogP contribution in [-0.4, -0.2) is 64.9 Å². The van der Waals surface area contributed by atoms with Crippen molar-refractivity contribution in [2.75, 3.05) is 13.7 Å². The molecule has 2 saturated heterocycles. The van der Waals surface area contributed by atoms with Crippen molar-refractivity contribution in [1.29, 1.82) is 0 Å². The van der Waals surface area contributed by atoms with Gasteiger partial charge in [0.05, 0.1) is 36.2 Å². The van der Waals surface area contributed by atoms with Gasteiger partial charge in [0.1, 0.15) is 11.9 Å². The van der Waals surface area contributed by atoms with Crippen molar-refractivity contribution in [2.24, 2.45) is 5.92 Å². The highest BCUT2D eigenvalue weighted by Gasteiger charge is 2.51. The van der Waals surface area contributed by atoms with Gasteiger partial charge in [-0.1, -0.05) is 62.4 Å². The van der Waals surface area contributed by atoms with Gasteiger partial charge in [-0.05, 0) is 68.6 Å². The number of H-pyrrole nitrogens is 1. The predicted molar refractivity (Wildman–Crippen MR) is 163 cm³/mol. The van der Waals surface area contributed by atoms with E-state index in [1.165, 1.54) is 7.11 Å². The van der Waals surface area contributed by atoms with Crippen LogP contribution in [0, 0.1) is 5.92 Å². The number of ether oxygens (including phenoxy) is 1. The number of imidazole rings is 1. The van der Waals surface area contributed by atoms with E-state index in [0.717, 1.165) is 46.5 Å². The zero-order valence-electron chi connectivity index (χ0n) is 25.6. The van der Waals surface area contributed by atoms with E-state index in [2.05, 4.69) is 91.5 Å². The van der Waals surface area contributed by atoms with Crippen LogP contribution >= 0.6 is 0 Å². The number of carbonyl (C=O) groups is 2. The number of methoxy groups -OCH3 is 1. The third kappa shape index (κ3) is 5.83. The molecular formula is C32H41BN4O5. The van der Waals surface area contributed by atoms with Gasteiger partial charge < -0.3 is 29.2 Å². The van der Waals surface area contributed by atoms with Crippen molar-refractivity contribution in [3.63, 3.8) is 0 Å². The van der Waals surface area contributed by atoms with Crippen LogP contribution in [0.4, 0.5) is 4.79 Å². The van der Waals surface area contributed by atoms with Crippen LogP contribution in [-0.2, 0) is 18.8 Å². The van der Waals surface area contributed by atoms with E-state index < -0.39 is 12.1 Å². The molecule has 0 bridgehead atoms. The Balaban J connectivity index is 1.27. The van der Waals surface area contributed by atoms with E-state index in [-0.39, 0.29) is 36.2 Å². The van der Waals surface area contributed by atoms with Crippen molar-refractivity contribution in [3.05, 3.63) is 60.6 Å². The topological polar surface area (TPSA) is 106 Å². The summed E-state index contributed by atoms with van der Waals surface area (Å²) in [7, 11) is 0.915. The normalized spacial score (nSPS) is 20.1. The molecule has 3 aromatic rings. The minimum Gasteiger partial charge on any atom is -0.453 e. The molecule has 0 saturated carbocycles. The summed E-state index contributed by atoms with van der Waals surface area (Å²) >= 11 is 0. The highest BCUT2D eigenvalue weighted by atomic mass is 16.7. The summed E-state index contributed by atoms with van der Waals surface area (Å²) in [4.78, 5) is 35.2. The Morgan fingerprint density at radius 2 is 1.57 bits per heavy atom. The van der Waals surface area contributed by atoms with Crippen LogP contribution in [0.15, 0.2) is 54.7 Å². The molecule has 10 heteroatoms. The molecular weight excluding hydrogens is 531 g/mol. The smallest absolute Gasteiger partial charge is 0.453 e. The lowest BCUT2D eigenvalue weighted by Gasteiger charge is -2.32. The molecule has 0 unspecified atom stereocenters. The van der Waals surface area contributed by atoms with Crippen LogP contribution < -0.4 is 10.8 Å². The largest absolute Gasteiger partial charge is 0.494 e. The average molecular weight is 573 g/mol. The van der Waals surface area contributed by atoms with Gasteiger partial charge in [0, 0.05) is 6.54 Å². The number of nitrogens with zero attached hydrogens (tertiary/aromatic N) is 2. The lowest BCUT2D eigenvalue weighted by molar-refractivity contribution is -0.135. The Kier molecular flexibility index (Phi) is 8.22. The standard InChI is InChI=1S/C32H41BN4O5/c1-20(2)27(36-30(39)40-7)29(38)37-18-8-9-26(37)28-34-19-25(35-28)23-12-10-21(11-13-23)22-14-16-24(17-15-22)33-41-31(3,4)32(5,6)42-33/h10-17,19-20,26-27H,8-9,18H2,1-7H3,(H,34,35)(H,36,39)/t26-,27-/m0/s1. The van der Waals surface area contributed by atoms with E-state index in [1.54, 1.807) is 0 Å². The van der Waals surface area contributed by atoms with E-state index in [1.807, 2.05) is 24.9 Å². The molecule has 2 fully saturated rings. The second-order valence-electron chi connectivity index (χ2n) is 12.5. The van der Waals surface area contributed by atoms with Gasteiger partial charge >= 0.3 is 13.2 Å².